The normalized spacial score (nSPS) is 26.9. The zero-order chi connectivity index (χ0) is 12.5. The van der Waals surface area contributed by atoms with Crippen molar-refractivity contribution in [1.82, 2.24) is 5.06 Å². The number of nitrogens with zero attached hydrogens (tertiary/aromatic N) is 1. The molecule has 1 rings (SSSR count). The Hall–Kier alpha value is -0.870. The van der Waals surface area contributed by atoms with Crippen molar-refractivity contribution in [2.24, 2.45) is 11.3 Å². The molecule has 16 heavy (non-hydrogen) atoms. The summed E-state index contributed by atoms with van der Waals surface area (Å²) in [6.07, 6.45) is 3.77. The fourth-order valence-electron chi connectivity index (χ4n) is 2.00. The van der Waals surface area contributed by atoms with Crippen LogP contribution in [0.15, 0.2) is 12.2 Å². The van der Waals surface area contributed by atoms with Gasteiger partial charge in [-0.3, -0.25) is 10.0 Å². The fourth-order valence-corrected chi connectivity index (χ4v) is 2.00. The lowest BCUT2D eigenvalue weighted by molar-refractivity contribution is -0.170. The van der Waals surface area contributed by atoms with Crippen LogP contribution in [0.25, 0.3) is 0 Å². The first-order valence-electron chi connectivity index (χ1n) is 5.58. The van der Waals surface area contributed by atoms with E-state index < -0.39 is 6.10 Å². The second-order valence-corrected chi connectivity index (χ2v) is 5.53. The number of aliphatic hydroxyl groups excluding tert-OH is 1. The number of aliphatic hydroxyl groups is 1. The third-order valence-corrected chi connectivity index (χ3v) is 3.02. The van der Waals surface area contributed by atoms with Crippen molar-refractivity contribution < 1.29 is 15.1 Å². The highest BCUT2D eigenvalue weighted by molar-refractivity contribution is 5.72. The van der Waals surface area contributed by atoms with Crippen LogP contribution in [0.1, 0.15) is 34.1 Å². The lowest BCUT2D eigenvalue weighted by Gasteiger charge is -2.31. The summed E-state index contributed by atoms with van der Waals surface area (Å²) in [5.74, 6) is -0.375. The lowest BCUT2D eigenvalue weighted by Crippen LogP contribution is -2.37. The minimum absolute atomic E-state index is 0.000926. The average Bonchev–Trinajstić information content (AvgIpc) is 2.62. The molecule has 4 nitrogen and oxygen atoms in total. The van der Waals surface area contributed by atoms with Crippen LogP contribution in [0.4, 0.5) is 0 Å². The van der Waals surface area contributed by atoms with Gasteiger partial charge in [-0.05, 0) is 11.8 Å². The minimum atomic E-state index is -0.464. The Balaban J connectivity index is 2.61. The van der Waals surface area contributed by atoms with Gasteiger partial charge in [0.2, 0.25) is 5.91 Å². The molecule has 0 heterocycles. The highest BCUT2D eigenvalue weighted by atomic mass is 16.5. The van der Waals surface area contributed by atoms with Crippen LogP contribution >= 0.6 is 0 Å². The van der Waals surface area contributed by atoms with E-state index in [4.69, 9.17) is 0 Å². The first kappa shape index (κ1) is 13.2. The molecule has 0 fully saturated rings. The fraction of sp³-hybridized carbons (Fsp3) is 0.750. The van der Waals surface area contributed by atoms with Crippen molar-refractivity contribution in [2.75, 3.05) is 0 Å². The van der Waals surface area contributed by atoms with Crippen LogP contribution in [-0.4, -0.2) is 33.4 Å². The van der Waals surface area contributed by atoms with Crippen LogP contribution in [0.3, 0.4) is 0 Å². The van der Waals surface area contributed by atoms with Crippen molar-refractivity contribution >= 4 is 5.91 Å². The van der Waals surface area contributed by atoms with E-state index in [2.05, 4.69) is 0 Å². The topological polar surface area (TPSA) is 60.8 Å². The molecule has 3 atom stereocenters. The SMILES string of the molecule is CC(=O)N(O)[C@H]1C=C[C@@H](C(O)C(C)(C)C)C1. The largest absolute Gasteiger partial charge is 0.392 e. The predicted octanol–water partition coefficient (Wildman–Crippen LogP) is 1.58. The molecule has 0 bridgehead atoms. The standard InChI is InChI=1S/C12H21NO3/c1-8(14)13(16)10-6-5-9(7-10)11(15)12(2,3)4/h5-6,9-11,15-16H,7H2,1-4H3/t9-,10+,11?/m1/s1. The van der Waals surface area contributed by atoms with Gasteiger partial charge in [0.05, 0.1) is 12.1 Å². The van der Waals surface area contributed by atoms with Crippen LogP contribution < -0.4 is 0 Å². The molecule has 1 unspecified atom stereocenters. The van der Waals surface area contributed by atoms with Gasteiger partial charge in [-0.1, -0.05) is 32.9 Å². The van der Waals surface area contributed by atoms with E-state index in [1.54, 1.807) is 6.08 Å². The first-order valence-corrected chi connectivity index (χ1v) is 5.58. The van der Waals surface area contributed by atoms with E-state index >= 15 is 0 Å². The zero-order valence-electron chi connectivity index (χ0n) is 10.3. The molecule has 1 aliphatic carbocycles. The molecular formula is C12H21NO3. The van der Waals surface area contributed by atoms with Crippen molar-refractivity contribution in [3.63, 3.8) is 0 Å². The number of hydrogen-bond donors (Lipinski definition) is 2. The number of rotatable bonds is 2. The molecular weight excluding hydrogens is 206 g/mol. The van der Waals surface area contributed by atoms with Crippen molar-refractivity contribution in [3.8, 4) is 0 Å². The quantitative estimate of drug-likeness (QED) is 0.428. The Morgan fingerprint density at radius 2 is 2.00 bits per heavy atom. The number of carbonyl (C=O) groups is 1. The Morgan fingerprint density at radius 1 is 1.44 bits per heavy atom. The first-order chi connectivity index (χ1) is 7.23. The maximum atomic E-state index is 11.0. The summed E-state index contributed by atoms with van der Waals surface area (Å²) in [6, 6.07) is -0.306. The van der Waals surface area contributed by atoms with E-state index in [-0.39, 0.29) is 23.3 Å². The molecule has 0 saturated carbocycles. The summed E-state index contributed by atoms with van der Waals surface area (Å²) < 4.78 is 0. The van der Waals surface area contributed by atoms with Gasteiger partial charge >= 0.3 is 0 Å². The monoisotopic (exact) mass is 227 g/mol. The third-order valence-electron chi connectivity index (χ3n) is 3.02. The van der Waals surface area contributed by atoms with E-state index in [1.165, 1.54) is 6.92 Å². The molecule has 92 valence electrons. The summed E-state index contributed by atoms with van der Waals surface area (Å²) in [6.45, 7) is 7.24. The number of hydrogen-bond acceptors (Lipinski definition) is 3. The van der Waals surface area contributed by atoms with Crippen LogP contribution in [-0.2, 0) is 4.79 Å². The maximum absolute atomic E-state index is 11.0. The van der Waals surface area contributed by atoms with Gasteiger partial charge in [0.1, 0.15) is 0 Å². The second kappa shape index (κ2) is 4.55. The van der Waals surface area contributed by atoms with Gasteiger partial charge in [0.15, 0.2) is 0 Å². The minimum Gasteiger partial charge on any atom is -0.392 e. The maximum Gasteiger partial charge on any atom is 0.243 e. The number of hydroxylamine groups is 2. The Morgan fingerprint density at radius 3 is 2.44 bits per heavy atom. The smallest absolute Gasteiger partial charge is 0.243 e. The zero-order valence-corrected chi connectivity index (χ0v) is 10.3. The van der Waals surface area contributed by atoms with E-state index in [0.717, 1.165) is 5.06 Å². The van der Waals surface area contributed by atoms with Gasteiger partial charge < -0.3 is 5.11 Å². The molecule has 1 aliphatic rings. The Kier molecular flexibility index (Phi) is 3.76. The van der Waals surface area contributed by atoms with Crippen LogP contribution in [0.5, 0.6) is 0 Å². The van der Waals surface area contributed by atoms with Gasteiger partial charge in [0, 0.05) is 12.8 Å². The van der Waals surface area contributed by atoms with Crippen LogP contribution in [0, 0.1) is 11.3 Å². The molecule has 0 aromatic carbocycles. The molecule has 0 spiro atoms. The highest BCUT2D eigenvalue weighted by Gasteiger charge is 2.34. The van der Waals surface area contributed by atoms with Crippen molar-refractivity contribution in [3.05, 3.63) is 12.2 Å². The molecule has 0 aliphatic heterocycles. The summed E-state index contributed by atoms with van der Waals surface area (Å²) in [5, 5.41) is 20.3. The highest BCUT2D eigenvalue weighted by Crippen LogP contribution is 2.33. The second-order valence-electron chi connectivity index (χ2n) is 5.53. The van der Waals surface area contributed by atoms with Crippen molar-refractivity contribution in [1.29, 1.82) is 0 Å². The molecule has 0 radical (unpaired) electrons. The molecule has 4 heteroatoms. The lowest BCUT2D eigenvalue weighted by atomic mass is 9.81. The summed E-state index contributed by atoms with van der Waals surface area (Å²) in [5.41, 5.74) is -0.194. The van der Waals surface area contributed by atoms with Gasteiger partial charge in [-0.25, -0.2) is 5.06 Å². The molecule has 0 saturated heterocycles. The average molecular weight is 227 g/mol. The number of carbonyl (C=O) groups excluding carboxylic acids is 1. The molecule has 1 amide bonds. The van der Waals surface area contributed by atoms with E-state index in [0.29, 0.717) is 6.42 Å². The molecule has 2 N–H and O–H groups in total. The van der Waals surface area contributed by atoms with Gasteiger partial charge in [-0.15, -0.1) is 0 Å². The van der Waals surface area contributed by atoms with Gasteiger partial charge in [0.25, 0.3) is 0 Å². The number of amides is 1. The van der Waals surface area contributed by atoms with E-state index in [1.807, 2.05) is 26.8 Å². The summed E-state index contributed by atoms with van der Waals surface area (Å²) in [4.78, 5) is 11.0. The molecule has 0 aromatic rings. The summed E-state index contributed by atoms with van der Waals surface area (Å²) >= 11 is 0. The van der Waals surface area contributed by atoms with E-state index in [9.17, 15) is 15.1 Å². The van der Waals surface area contributed by atoms with Crippen molar-refractivity contribution in [2.45, 2.75) is 46.3 Å². The van der Waals surface area contributed by atoms with Gasteiger partial charge in [-0.2, -0.15) is 0 Å². The predicted molar refractivity (Wildman–Crippen MR) is 60.8 cm³/mol. The third kappa shape index (κ3) is 2.83. The Bertz CT molecular complexity index is 293. The molecule has 0 aromatic heterocycles. The Labute approximate surface area is 96.5 Å². The van der Waals surface area contributed by atoms with Crippen LogP contribution in [0.2, 0.25) is 0 Å². The summed E-state index contributed by atoms with van der Waals surface area (Å²) in [7, 11) is 0.